The second-order valence-electron chi connectivity index (χ2n) is 4.45. The summed E-state index contributed by atoms with van der Waals surface area (Å²) in [4.78, 5) is 12.5. The molecule has 4 heteroatoms. The van der Waals surface area contributed by atoms with Crippen LogP contribution in [0.15, 0.2) is 60.7 Å². The number of benzene rings is 2. The van der Waals surface area contributed by atoms with Gasteiger partial charge in [-0.1, -0.05) is 71.6 Å². The van der Waals surface area contributed by atoms with E-state index >= 15 is 0 Å². The van der Waals surface area contributed by atoms with Crippen molar-refractivity contribution in [3.63, 3.8) is 0 Å². The van der Waals surface area contributed by atoms with E-state index in [0.717, 1.165) is 10.9 Å². The molecule has 0 bridgehead atoms. The molecule has 0 heterocycles. The molecule has 2 N–H and O–H groups in total. The van der Waals surface area contributed by atoms with Crippen LogP contribution in [-0.4, -0.2) is 24.2 Å². The predicted molar refractivity (Wildman–Crippen MR) is 84.7 cm³/mol. The highest BCUT2D eigenvalue weighted by Gasteiger charge is 2.30. The lowest BCUT2D eigenvalue weighted by atomic mass is 9.37. The van der Waals surface area contributed by atoms with Gasteiger partial charge < -0.3 is 10.5 Å². The lowest BCUT2D eigenvalue weighted by molar-refractivity contribution is -0.112. The van der Waals surface area contributed by atoms with Crippen molar-refractivity contribution in [2.24, 2.45) is 5.73 Å². The van der Waals surface area contributed by atoms with E-state index in [9.17, 15) is 4.79 Å². The fourth-order valence-corrected chi connectivity index (χ4v) is 2.30. The van der Waals surface area contributed by atoms with E-state index in [1.165, 1.54) is 0 Å². The Morgan fingerprint density at radius 2 is 1.42 bits per heavy atom. The number of rotatable bonds is 5. The molecule has 0 saturated carbocycles. The van der Waals surface area contributed by atoms with Crippen molar-refractivity contribution in [2.45, 2.75) is 6.04 Å². The molecule has 1 atom stereocenters. The average Bonchev–Trinajstić information content (AvgIpc) is 2.49. The van der Waals surface area contributed by atoms with Crippen LogP contribution in [0, 0.1) is 0 Å². The van der Waals surface area contributed by atoms with Gasteiger partial charge in [0, 0.05) is 5.75 Å². The highest BCUT2D eigenvalue weighted by Crippen LogP contribution is 1.98. The summed E-state index contributed by atoms with van der Waals surface area (Å²) in [6.07, 6.45) is 0. The third kappa shape index (κ3) is 3.28. The SMILES string of the molecule is N[C@@H](CS)C(=O)B(c1ccccc1)c1ccccc1. The minimum Gasteiger partial charge on any atom is -0.322 e. The molecule has 19 heavy (non-hydrogen) atoms. The molecule has 0 fully saturated rings. The maximum Gasteiger partial charge on any atom is 0.290 e. The van der Waals surface area contributed by atoms with Crippen LogP contribution in [0.5, 0.6) is 0 Å². The Kier molecular flexibility index (Phi) is 4.83. The Balaban J connectivity index is 2.43. The molecule has 0 amide bonds. The zero-order chi connectivity index (χ0) is 13.7. The van der Waals surface area contributed by atoms with E-state index in [1.807, 2.05) is 60.7 Å². The number of nitrogens with two attached hydrogens (primary N) is 1. The summed E-state index contributed by atoms with van der Waals surface area (Å²) in [5, 5.41) is 0. The molecule has 0 radical (unpaired) electrons. The fourth-order valence-electron chi connectivity index (χ4n) is 2.12. The van der Waals surface area contributed by atoms with Gasteiger partial charge in [0.2, 0.25) is 0 Å². The second-order valence-corrected chi connectivity index (χ2v) is 4.81. The number of hydrogen-bond acceptors (Lipinski definition) is 3. The van der Waals surface area contributed by atoms with Gasteiger partial charge in [0.1, 0.15) is 5.68 Å². The third-order valence-electron chi connectivity index (χ3n) is 3.11. The molecule has 0 aliphatic heterocycles. The van der Waals surface area contributed by atoms with Crippen LogP contribution >= 0.6 is 12.6 Å². The summed E-state index contributed by atoms with van der Waals surface area (Å²) in [5.74, 6) is 0.356. The molecule has 0 saturated heterocycles. The molecule has 0 aromatic heterocycles. The molecule has 2 aromatic carbocycles. The Labute approximate surface area is 119 Å². The van der Waals surface area contributed by atoms with Gasteiger partial charge >= 0.3 is 0 Å². The number of carbonyl (C=O) groups excluding carboxylic acids is 1. The van der Waals surface area contributed by atoms with Gasteiger partial charge in [0.05, 0.1) is 6.04 Å². The zero-order valence-corrected chi connectivity index (χ0v) is 11.5. The van der Waals surface area contributed by atoms with Crippen LogP contribution in [0.2, 0.25) is 0 Å². The second kappa shape index (κ2) is 6.59. The summed E-state index contributed by atoms with van der Waals surface area (Å²) in [6.45, 7) is -0.315. The molecule has 2 aromatic rings. The topological polar surface area (TPSA) is 43.1 Å². The van der Waals surface area contributed by atoms with E-state index in [2.05, 4.69) is 12.6 Å². The molecule has 2 nitrogen and oxygen atoms in total. The fraction of sp³-hybridized carbons (Fsp3) is 0.133. The lowest BCUT2D eigenvalue weighted by Gasteiger charge is -2.17. The normalized spacial score (nSPS) is 11.9. The molecule has 2 rings (SSSR count). The summed E-state index contributed by atoms with van der Waals surface area (Å²) in [7, 11) is 0. The zero-order valence-electron chi connectivity index (χ0n) is 10.6. The van der Waals surface area contributed by atoms with Gasteiger partial charge in [0.25, 0.3) is 6.71 Å². The van der Waals surface area contributed by atoms with Gasteiger partial charge in [-0.2, -0.15) is 12.6 Å². The Bertz CT molecular complexity index is 493. The summed E-state index contributed by atoms with van der Waals surface area (Å²) >= 11 is 4.13. The minimum absolute atomic E-state index is 0.00685. The van der Waals surface area contributed by atoms with Crippen LogP contribution in [0.1, 0.15) is 0 Å². The van der Waals surface area contributed by atoms with E-state index in [0.29, 0.717) is 5.75 Å². The van der Waals surface area contributed by atoms with Crippen molar-refractivity contribution in [3.05, 3.63) is 60.7 Å². The highest BCUT2D eigenvalue weighted by atomic mass is 32.1. The third-order valence-corrected chi connectivity index (χ3v) is 3.51. The van der Waals surface area contributed by atoms with Crippen molar-refractivity contribution in [2.75, 3.05) is 5.75 Å². The quantitative estimate of drug-likeness (QED) is 0.618. The Morgan fingerprint density at radius 1 is 1.00 bits per heavy atom. The summed E-state index contributed by atoms with van der Waals surface area (Å²) in [6, 6.07) is 18.9. The van der Waals surface area contributed by atoms with Crippen molar-refractivity contribution in [3.8, 4) is 0 Å². The molecular weight excluding hydrogens is 253 g/mol. The van der Waals surface area contributed by atoms with Crippen molar-refractivity contribution in [1.29, 1.82) is 0 Å². The monoisotopic (exact) mass is 269 g/mol. The van der Waals surface area contributed by atoms with Gasteiger partial charge in [-0.15, -0.1) is 0 Å². The van der Waals surface area contributed by atoms with Crippen LogP contribution in [0.4, 0.5) is 0 Å². The van der Waals surface area contributed by atoms with E-state index in [-0.39, 0.29) is 12.4 Å². The number of thiol groups is 1. The van der Waals surface area contributed by atoms with Crippen LogP contribution in [0.25, 0.3) is 0 Å². The smallest absolute Gasteiger partial charge is 0.290 e. The maximum atomic E-state index is 12.5. The van der Waals surface area contributed by atoms with E-state index in [4.69, 9.17) is 5.73 Å². The summed E-state index contributed by atoms with van der Waals surface area (Å²) < 4.78 is 0. The molecule has 0 unspecified atom stereocenters. The first-order valence-corrected chi connectivity index (χ1v) is 6.87. The number of hydrogen-bond donors (Lipinski definition) is 2. The van der Waals surface area contributed by atoms with Gasteiger partial charge in [-0.05, 0) is 0 Å². The largest absolute Gasteiger partial charge is 0.322 e. The predicted octanol–water partition coefficient (Wildman–Crippen LogP) is 0.661. The molecule has 0 spiro atoms. The van der Waals surface area contributed by atoms with Crippen LogP contribution in [-0.2, 0) is 4.79 Å². The molecule has 96 valence electrons. The Hall–Kier alpha value is -1.52. The first kappa shape index (κ1) is 13.9. The molecule has 0 aliphatic carbocycles. The minimum atomic E-state index is -0.547. The van der Waals surface area contributed by atoms with E-state index in [1.54, 1.807) is 0 Å². The number of carbonyl (C=O) groups is 1. The maximum absolute atomic E-state index is 12.5. The van der Waals surface area contributed by atoms with Gasteiger partial charge in [-0.25, -0.2) is 0 Å². The van der Waals surface area contributed by atoms with Gasteiger partial charge in [-0.3, -0.25) is 0 Å². The Morgan fingerprint density at radius 3 is 1.79 bits per heavy atom. The van der Waals surface area contributed by atoms with Crippen LogP contribution < -0.4 is 16.7 Å². The van der Waals surface area contributed by atoms with Gasteiger partial charge in [0.15, 0.2) is 0 Å². The van der Waals surface area contributed by atoms with Crippen molar-refractivity contribution < 1.29 is 4.79 Å². The van der Waals surface area contributed by atoms with Crippen LogP contribution in [0.3, 0.4) is 0 Å². The average molecular weight is 269 g/mol. The first-order valence-electron chi connectivity index (χ1n) is 6.24. The molecular formula is C15H16BNOS. The standard InChI is InChI=1S/C15H16BNOS/c17-14(11-19)15(18)16(12-7-3-1-4-8-12)13-9-5-2-6-10-13/h1-10,14,19H,11,17H2/t14-/m0/s1. The van der Waals surface area contributed by atoms with Crippen molar-refractivity contribution in [1.82, 2.24) is 0 Å². The molecule has 0 aliphatic rings. The highest BCUT2D eigenvalue weighted by molar-refractivity contribution is 7.80. The summed E-state index contributed by atoms with van der Waals surface area (Å²) in [5.41, 5.74) is 7.81. The first-order chi connectivity index (χ1) is 9.24. The van der Waals surface area contributed by atoms with Crippen molar-refractivity contribution >= 4 is 35.9 Å². The van der Waals surface area contributed by atoms with E-state index < -0.39 is 6.04 Å². The lowest BCUT2D eigenvalue weighted by Crippen LogP contribution is -2.55.